The summed E-state index contributed by atoms with van der Waals surface area (Å²) in [6.45, 7) is 2.47. The van der Waals surface area contributed by atoms with Gasteiger partial charge < -0.3 is 9.32 Å². The summed E-state index contributed by atoms with van der Waals surface area (Å²) >= 11 is 0. The van der Waals surface area contributed by atoms with Crippen molar-refractivity contribution in [3.63, 3.8) is 0 Å². The molecule has 0 bridgehead atoms. The Labute approximate surface area is 160 Å². The van der Waals surface area contributed by atoms with E-state index in [0.717, 1.165) is 27.8 Å². The monoisotopic (exact) mass is 371 g/mol. The first kappa shape index (κ1) is 16.5. The molecule has 6 heteroatoms. The second-order valence-corrected chi connectivity index (χ2v) is 6.97. The Morgan fingerprint density at radius 1 is 1.14 bits per heavy atom. The number of carbonyl (C=O) groups excluding carboxylic acids is 1. The highest BCUT2D eigenvalue weighted by atomic mass is 16.4. The van der Waals surface area contributed by atoms with Gasteiger partial charge in [0.05, 0.1) is 17.1 Å². The Morgan fingerprint density at radius 2 is 2.04 bits per heavy atom. The van der Waals surface area contributed by atoms with E-state index < -0.39 is 5.76 Å². The summed E-state index contributed by atoms with van der Waals surface area (Å²) in [6.07, 6.45) is 3.50. The van der Waals surface area contributed by atoms with E-state index >= 15 is 0 Å². The number of rotatable bonds is 3. The number of hydrogen-bond donors (Lipinski definition) is 1. The molecule has 5 rings (SSSR count). The molecule has 1 atom stereocenters. The van der Waals surface area contributed by atoms with Crippen LogP contribution in [-0.4, -0.2) is 20.8 Å². The van der Waals surface area contributed by atoms with Crippen molar-refractivity contribution < 1.29 is 9.21 Å². The van der Waals surface area contributed by atoms with Crippen LogP contribution in [0.1, 0.15) is 34.5 Å². The standard InChI is InChI=1S/C22H17N3O3/c1-13-16-5-2-6-17(15-4-3-9-23-11-15)20(16)21(26)25(13)12-14-7-8-18-19(10-14)28-22(27)24-18/h2-11,13H,12H2,1H3,(H,24,27). The zero-order valence-electron chi connectivity index (χ0n) is 15.2. The summed E-state index contributed by atoms with van der Waals surface area (Å²) in [7, 11) is 0. The van der Waals surface area contributed by atoms with E-state index in [0.29, 0.717) is 17.6 Å². The average Bonchev–Trinajstić information content (AvgIpc) is 3.20. The minimum atomic E-state index is -0.480. The molecule has 138 valence electrons. The highest BCUT2D eigenvalue weighted by Gasteiger charge is 2.35. The molecule has 6 nitrogen and oxygen atoms in total. The number of benzene rings is 2. The number of H-pyrrole nitrogens is 1. The molecule has 0 spiro atoms. The number of oxazole rings is 1. The first-order valence-electron chi connectivity index (χ1n) is 9.08. The van der Waals surface area contributed by atoms with Gasteiger partial charge in [0.1, 0.15) is 0 Å². The summed E-state index contributed by atoms with van der Waals surface area (Å²) in [5.41, 5.74) is 5.63. The van der Waals surface area contributed by atoms with E-state index in [2.05, 4.69) is 9.97 Å². The summed E-state index contributed by atoms with van der Waals surface area (Å²) in [5.74, 6) is -0.483. The van der Waals surface area contributed by atoms with Gasteiger partial charge in [-0.1, -0.05) is 30.3 Å². The van der Waals surface area contributed by atoms with Crippen molar-refractivity contribution in [1.82, 2.24) is 14.9 Å². The van der Waals surface area contributed by atoms with Crippen molar-refractivity contribution in [3.8, 4) is 11.1 Å². The SMILES string of the molecule is CC1c2cccc(-c3cccnc3)c2C(=O)N1Cc1ccc2[nH]c(=O)oc2c1. The third-order valence-electron chi connectivity index (χ3n) is 5.30. The van der Waals surface area contributed by atoms with Crippen LogP contribution in [0.15, 0.2) is 70.1 Å². The number of amides is 1. The first-order chi connectivity index (χ1) is 13.6. The zero-order chi connectivity index (χ0) is 19.3. The molecule has 1 aliphatic heterocycles. The number of nitrogens with zero attached hydrogens (tertiary/aromatic N) is 2. The molecule has 0 saturated heterocycles. The molecule has 1 N–H and O–H groups in total. The minimum Gasteiger partial charge on any atom is -0.408 e. The Balaban J connectivity index is 1.53. The van der Waals surface area contributed by atoms with Crippen LogP contribution < -0.4 is 5.76 Å². The van der Waals surface area contributed by atoms with Gasteiger partial charge >= 0.3 is 5.76 Å². The zero-order valence-corrected chi connectivity index (χ0v) is 15.2. The molecule has 1 unspecified atom stereocenters. The van der Waals surface area contributed by atoms with Crippen molar-refractivity contribution in [2.24, 2.45) is 0 Å². The Hall–Kier alpha value is -3.67. The lowest BCUT2D eigenvalue weighted by atomic mass is 9.96. The summed E-state index contributed by atoms with van der Waals surface area (Å²) in [4.78, 5) is 33.3. The van der Waals surface area contributed by atoms with E-state index in [9.17, 15) is 9.59 Å². The van der Waals surface area contributed by atoms with E-state index in [-0.39, 0.29) is 11.9 Å². The average molecular weight is 371 g/mol. The molecule has 1 aliphatic rings. The van der Waals surface area contributed by atoms with Crippen LogP contribution in [0.5, 0.6) is 0 Å². The molecule has 4 aromatic rings. The Kier molecular flexibility index (Phi) is 3.65. The van der Waals surface area contributed by atoms with E-state index in [4.69, 9.17) is 4.42 Å². The van der Waals surface area contributed by atoms with Gasteiger partial charge in [-0.3, -0.25) is 14.8 Å². The third-order valence-corrected chi connectivity index (χ3v) is 5.30. The summed E-state index contributed by atoms with van der Waals surface area (Å²) in [6, 6.07) is 15.2. The predicted octanol–water partition coefficient (Wildman–Crippen LogP) is 3.90. The normalized spacial score (nSPS) is 16.0. The first-order valence-corrected chi connectivity index (χ1v) is 9.08. The van der Waals surface area contributed by atoms with Crippen LogP contribution in [0, 0.1) is 0 Å². The van der Waals surface area contributed by atoms with Crippen molar-refractivity contribution in [3.05, 3.63) is 88.2 Å². The van der Waals surface area contributed by atoms with Crippen LogP contribution in [0.3, 0.4) is 0 Å². The van der Waals surface area contributed by atoms with Gasteiger partial charge in [-0.2, -0.15) is 0 Å². The smallest absolute Gasteiger partial charge is 0.408 e. The summed E-state index contributed by atoms with van der Waals surface area (Å²) < 4.78 is 5.14. The summed E-state index contributed by atoms with van der Waals surface area (Å²) in [5, 5.41) is 0. The number of carbonyl (C=O) groups is 1. The fourth-order valence-electron chi connectivity index (χ4n) is 3.90. The fraction of sp³-hybridized carbons (Fsp3) is 0.136. The van der Waals surface area contributed by atoms with Crippen LogP contribution in [0.2, 0.25) is 0 Å². The number of hydrogen-bond acceptors (Lipinski definition) is 4. The van der Waals surface area contributed by atoms with Gasteiger partial charge in [0.25, 0.3) is 5.91 Å². The number of aromatic nitrogens is 2. The van der Waals surface area contributed by atoms with E-state index in [1.165, 1.54) is 0 Å². The predicted molar refractivity (Wildman–Crippen MR) is 105 cm³/mol. The van der Waals surface area contributed by atoms with Gasteiger partial charge in [0.2, 0.25) is 0 Å². The maximum atomic E-state index is 13.3. The fourth-order valence-corrected chi connectivity index (χ4v) is 3.90. The second-order valence-electron chi connectivity index (χ2n) is 6.97. The van der Waals surface area contributed by atoms with Gasteiger partial charge in [0.15, 0.2) is 5.58 Å². The lowest BCUT2D eigenvalue weighted by molar-refractivity contribution is 0.0723. The molecular weight excluding hydrogens is 354 g/mol. The molecule has 0 saturated carbocycles. The molecule has 28 heavy (non-hydrogen) atoms. The third kappa shape index (κ3) is 2.53. The van der Waals surface area contributed by atoms with Crippen molar-refractivity contribution >= 4 is 17.0 Å². The molecule has 3 heterocycles. The molecule has 2 aromatic carbocycles. The van der Waals surface area contributed by atoms with E-state index in [1.807, 2.05) is 48.2 Å². The van der Waals surface area contributed by atoms with Gasteiger partial charge in [-0.25, -0.2) is 4.79 Å². The molecular formula is C22H17N3O3. The molecule has 0 fully saturated rings. The number of aromatic amines is 1. The van der Waals surface area contributed by atoms with Crippen molar-refractivity contribution in [2.75, 3.05) is 0 Å². The van der Waals surface area contributed by atoms with Gasteiger partial charge in [0, 0.05) is 24.5 Å². The maximum absolute atomic E-state index is 13.3. The number of pyridine rings is 1. The van der Waals surface area contributed by atoms with Crippen LogP contribution in [0.4, 0.5) is 0 Å². The molecule has 2 aromatic heterocycles. The largest absolute Gasteiger partial charge is 0.417 e. The van der Waals surface area contributed by atoms with Gasteiger partial charge in [-0.15, -0.1) is 0 Å². The Morgan fingerprint density at radius 3 is 2.86 bits per heavy atom. The van der Waals surface area contributed by atoms with Crippen LogP contribution in [0.25, 0.3) is 22.2 Å². The quantitative estimate of drug-likeness (QED) is 0.592. The maximum Gasteiger partial charge on any atom is 0.417 e. The lowest BCUT2D eigenvalue weighted by Crippen LogP contribution is -2.26. The molecule has 0 radical (unpaired) electrons. The highest BCUT2D eigenvalue weighted by molar-refractivity contribution is 6.05. The molecule has 1 amide bonds. The van der Waals surface area contributed by atoms with Crippen LogP contribution in [-0.2, 0) is 6.54 Å². The topological polar surface area (TPSA) is 79.2 Å². The van der Waals surface area contributed by atoms with Crippen LogP contribution >= 0.6 is 0 Å². The van der Waals surface area contributed by atoms with E-state index in [1.54, 1.807) is 24.5 Å². The number of fused-ring (bicyclic) bond motifs is 2. The number of nitrogens with one attached hydrogen (secondary N) is 1. The van der Waals surface area contributed by atoms with Gasteiger partial charge in [-0.05, 0) is 41.8 Å². The van der Waals surface area contributed by atoms with Crippen molar-refractivity contribution in [1.29, 1.82) is 0 Å². The Bertz CT molecular complexity index is 1260. The minimum absolute atomic E-state index is 0.00225. The second kappa shape index (κ2) is 6.20. The molecule has 0 aliphatic carbocycles. The highest BCUT2D eigenvalue weighted by Crippen LogP contribution is 2.39. The lowest BCUT2D eigenvalue weighted by Gasteiger charge is -2.22. The van der Waals surface area contributed by atoms with Crippen molar-refractivity contribution in [2.45, 2.75) is 19.5 Å².